The van der Waals surface area contributed by atoms with Gasteiger partial charge in [-0.2, -0.15) is 0 Å². The summed E-state index contributed by atoms with van der Waals surface area (Å²) < 4.78 is 2.60. The van der Waals surface area contributed by atoms with Crippen molar-refractivity contribution in [3.05, 3.63) is 231 Å². The molecule has 1 aliphatic rings. The minimum absolute atomic E-state index is 1.11. The largest absolute Gasteiger partial charge is 0.311 e. The van der Waals surface area contributed by atoms with Crippen LogP contribution in [-0.4, -0.2) is 0 Å². The van der Waals surface area contributed by atoms with E-state index in [4.69, 9.17) is 0 Å². The molecule has 2 heterocycles. The minimum atomic E-state index is 1.11. The smallest absolute Gasteiger partial charge is 0.0561 e. The molecule has 0 saturated heterocycles. The topological polar surface area (TPSA) is 6.48 Å². The Morgan fingerprint density at radius 2 is 0.803 bits per heavy atom. The van der Waals surface area contributed by atoms with Crippen LogP contribution in [0.1, 0.15) is 0 Å². The van der Waals surface area contributed by atoms with Crippen molar-refractivity contribution in [2.24, 2.45) is 0 Å². The second-order valence-electron chi connectivity index (χ2n) is 15.7. The van der Waals surface area contributed by atoms with Crippen molar-refractivity contribution in [3.63, 3.8) is 0 Å². The average Bonchev–Trinajstić information content (AvgIpc) is 3.71. The fourth-order valence-corrected chi connectivity index (χ4v) is 10.4. The minimum Gasteiger partial charge on any atom is -0.311 e. The first kappa shape index (κ1) is 35.2. The predicted octanol–water partition coefficient (Wildman–Crippen LogP) is 17.1. The SMILES string of the molecule is c1ccc(-c2ccc(N(c3ccc(-c4ccccc4)cc3)c3ccc(-c4ccc5sc6cc7c8c(cccc8c6c5c4)-c4ccccc4N7c4ccccc4)cc3)cc2)cc1. The van der Waals surface area contributed by atoms with Crippen LogP contribution in [0.4, 0.5) is 34.1 Å². The Morgan fingerprint density at radius 1 is 0.311 bits per heavy atom. The van der Waals surface area contributed by atoms with E-state index in [-0.39, 0.29) is 0 Å². The number of benzene rings is 10. The van der Waals surface area contributed by atoms with Crippen molar-refractivity contribution < 1.29 is 0 Å². The Hall–Kier alpha value is -7.72. The number of fused-ring (bicyclic) bond motifs is 6. The molecule has 0 saturated carbocycles. The van der Waals surface area contributed by atoms with Crippen molar-refractivity contribution in [3.8, 4) is 44.5 Å². The number of anilines is 6. The summed E-state index contributed by atoms with van der Waals surface area (Å²) in [6.45, 7) is 0. The van der Waals surface area contributed by atoms with E-state index in [9.17, 15) is 0 Å². The lowest BCUT2D eigenvalue weighted by Gasteiger charge is -2.33. The number of nitrogens with zero attached hydrogens (tertiary/aromatic N) is 2. The molecule has 1 aliphatic heterocycles. The third-order valence-corrected chi connectivity index (χ3v) is 13.3. The zero-order valence-corrected chi connectivity index (χ0v) is 34.1. The first-order valence-corrected chi connectivity index (χ1v) is 21.6. The van der Waals surface area contributed by atoms with E-state index in [1.165, 1.54) is 92.5 Å². The Morgan fingerprint density at radius 3 is 1.41 bits per heavy atom. The number of hydrogen-bond acceptors (Lipinski definition) is 3. The summed E-state index contributed by atoms with van der Waals surface area (Å²) in [4.78, 5) is 4.80. The van der Waals surface area contributed by atoms with Crippen LogP contribution < -0.4 is 9.80 Å². The summed E-state index contributed by atoms with van der Waals surface area (Å²) >= 11 is 1.89. The van der Waals surface area contributed by atoms with Crippen LogP contribution in [0.2, 0.25) is 0 Å². The van der Waals surface area contributed by atoms with Crippen LogP contribution in [0.5, 0.6) is 0 Å². The van der Waals surface area contributed by atoms with Gasteiger partial charge >= 0.3 is 0 Å². The van der Waals surface area contributed by atoms with E-state index in [2.05, 4.69) is 240 Å². The molecule has 0 fully saturated rings. The molecule has 0 unspecified atom stereocenters. The Bertz CT molecular complexity index is 3290. The summed E-state index contributed by atoms with van der Waals surface area (Å²) in [7, 11) is 0. The van der Waals surface area contributed by atoms with Gasteiger partial charge in [0.15, 0.2) is 0 Å². The van der Waals surface area contributed by atoms with Gasteiger partial charge in [0.1, 0.15) is 0 Å². The normalized spacial score (nSPS) is 11.9. The predicted molar refractivity (Wildman–Crippen MR) is 262 cm³/mol. The van der Waals surface area contributed by atoms with Crippen LogP contribution in [0.15, 0.2) is 231 Å². The van der Waals surface area contributed by atoms with Gasteiger partial charge in [0.05, 0.1) is 11.4 Å². The monoisotopic (exact) mass is 794 g/mol. The van der Waals surface area contributed by atoms with Gasteiger partial charge in [-0.05, 0) is 117 Å². The summed E-state index contributed by atoms with van der Waals surface area (Å²) in [6, 6.07) is 83.9. The van der Waals surface area contributed by atoms with Crippen LogP contribution >= 0.6 is 11.3 Å². The quantitative estimate of drug-likeness (QED) is 0.159. The molecule has 0 spiro atoms. The molecule has 0 atom stereocenters. The number of hydrogen-bond donors (Lipinski definition) is 0. The molecule has 1 aromatic heterocycles. The lowest BCUT2D eigenvalue weighted by molar-refractivity contribution is 1.28. The van der Waals surface area contributed by atoms with Crippen LogP contribution in [0.3, 0.4) is 0 Å². The third kappa shape index (κ3) is 6.01. The van der Waals surface area contributed by atoms with Crippen LogP contribution in [-0.2, 0) is 0 Å². The fraction of sp³-hybridized carbons (Fsp3) is 0. The van der Waals surface area contributed by atoms with E-state index in [0.717, 1.165) is 17.1 Å². The van der Waals surface area contributed by atoms with Gasteiger partial charge in [0, 0.05) is 53.9 Å². The van der Waals surface area contributed by atoms with Crippen molar-refractivity contribution in [1.82, 2.24) is 0 Å². The lowest BCUT2D eigenvalue weighted by Crippen LogP contribution is -2.14. The van der Waals surface area contributed by atoms with Crippen LogP contribution in [0, 0.1) is 0 Å². The number of rotatable bonds is 7. The van der Waals surface area contributed by atoms with Crippen molar-refractivity contribution >= 4 is 76.4 Å². The van der Waals surface area contributed by atoms with Gasteiger partial charge in [-0.15, -0.1) is 11.3 Å². The van der Waals surface area contributed by atoms with Crippen LogP contribution in [0.25, 0.3) is 75.5 Å². The highest BCUT2D eigenvalue weighted by Gasteiger charge is 2.27. The summed E-state index contributed by atoms with van der Waals surface area (Å²) in [5, 5.41) is 5.23. The average molecular weight is 795 g/mol. The number of para-hydroxylation sites is 2. The first-order chi connectivity index (χ1) is 30.2. The molecule has 61 heavy (non-hydrogen) atoms. The molecule has 0 N–H and O–H groups in total. The molecule has 0 amide bonds. The standard InChI is InChI=1S/C58H38N2S/c1-4-13-39(14-5-1)41-23-30-46(31-24-41)59(47-32-25-42(26-33-47)40-15-6-2-7-16-40)48-34-27-43(28-35-48)44-29-36-55-52(37-44)58-51-21-12-20-50-49-19-10-11-22-53(49)60(45-17-8-3-9-18-45)54(57(50)51)38-56(58)61-55/h1-38H. The van der Waals surface area contributed by atoms with E-state index in [0.29, 0.717) is 0 Å². The van der Waals surface area contributed by atoms with Crippen molar-refractivity contribution in [2.75, 3.05) is 9.80 Å². The Kier molecular flexibility index (Phi) is 8.39. The maximum Gasteiger partial charge on any atom is 0.0561 e. The van der Waals surface area contributed by atoms with Crippen molar-refractivity contribution in [1.29, 1.82) is 0 Å². The molecule has 286 valence electrons. The molecule has 3 heteroatoms. The molecule has 10 aromatic carbocycles. The first-order valence-electron chi connectivity index (χ1n) is 20.8. The highest BCUT2D eigenvalue weighted by molar-refractivity contribution is 7.26. The molecular formula is C58H38N2S. The van der Waals surface area contributed by atoms with E-state index in [1.807, 2.05) is 11.3 Å². The Balaban J connectivity index is 0.952. The van der Waals surface area contributed by atoms with E-state index in [1.54, 1.807) is 0 Å². The molecule has 2 nitrogen and oxygen atoms in total. The summed E-state index contributed by atoms with van der Waals surface area (Å²) in [5.74, 6) is 0. The van der Waals surface area contributed by atoms with Gasteiger partial charge < -0.3 is 9.80 Å². The lowest BCUT2D eigenvalue weighted by atomic mass is 9.89. The molecule has 0 bridgehead atoms. The maximum absolute atomic E-state index is 2.44. The van der Waals surface area contributed by atoms with Crippen molar-refractivity contribution in [2.45, 2.75) is 0 Å². The summed E-state index contributed by atoms with van der Waals surface area (Å²) in [5.41, 5.74) is 16.7. The van der Waals surface area contributed by atoms with Gasteiger partial charge in [0.25, 0.3) is 0 Å². The highest BCUT2D eigenvalue weighted by Crippen LogP contribution is 2.54. The van der Waals surface area contributed by atoms with Gasteiger partial charge in [0.2, 0.25) is 0 Å². The summed E-state index contributed by atoms with van der Waals surface area (Å²) in [6.07, 6.45) is 0. The van der Waals surface area contributed by atoms with Gasteiger partial charge in [-0.1, -0.05) is 158 Å². The molecular weight excluding hydrogens is 757 g/mol. The maximum atomic E-state index is 2.44. The second-order valence-corrected chi connectivity index (χ2v) is 16.8. The second kappa shape index (κ2) is 14.5. The zero-order chi connectivity index (χ0) is 40.3. The third-order valence-electron chi connectivity index (χ3n) is 12.2. The Labute approximate surface area is 359 Å². The molecule has 12 rings (SSSR count). The molecule has 11 aromatic rings. The fourth-order valence-electron chi connectivity index (χ4n) is 9.31. The molecule has 0 radical (unpaired) electrons. The van der Waals surface area contributed by atoms with Gasteiger partial charge in [-0.25, -0.2) is 0 Å². The zero-order valence-electron chi connectivity index (χ0n) is 33.2. The number of thiophene rings is 1. The van der Waals surface area contributed by atoms with E-state index >= 15 is 0 Å². The van der Waals surface area contributed by atoms with Gasteiger partial charge in [-0.3, -0.25) is 0 Å². The van der Waals surface area contributed by atoms with E-state index < -0.39 is 0 Å². The highest BCUT2D eigenvalue weighted by atomic mass is 32.1. The molecule has 0 aliphatic carbocycles.